The summed E-state index contributed by atoms with van der Waals surface area (Å²) in [7, 11) is 0. The Morgan fingerprint density at radius 1 is 1.27 bits per heavy atom. The maximum absolute atomic E-state index is 12.0. The van der Waals surface area contributed by atoms with Crippen molar-refractivity contribution in [3.8, 4) is 0 Å². The number of thiocarbonyl (C=S) groups is 1. The average Bonchev–Trinajstić information content (AvgIpc) is 3.08. The molecule has 2 aliphatic carbocycles. The molecule has 6 heteroatoms. The molecule has 2 fully saturated rings. The van der Waals surface area contributed by atoms with Gasteiger partial charge in [0.05, 0.1) is 0 Å². The van der Waals surface area contributed by atoms with E-state index >= 15 is 0 Å². The van der Waals surface area contributed by atoms with Crippen LogP contribution < -0.4 is 16.2 Å². The largest absolute Gasteiger partial charge is 0.331 e. The Kier molecular flexibility index (Phi) is 4.84. The molecule has 0 unspecified atom stereocenters. The lowest BCUT2D eigenvalue weighted by Gasteiger charge is -2.21. The summed E-state index contributed by atoms with van der Waals surface area (Å²) in [5.41, 5.74) is 6.21. The summed E-state index contributed by atoms with van der Waals surface area (Å²) >= 11 is 11.1. The molecule has 0 spiro atoms. The van der Waals surface area contributed by atoms with Crippen LogP contribution in [0.25, 0.3) is 0 Å². The van der Waals surface area contributed by atoms with Crippen LogP contribution in [-0.2, 0) is 4.79 Å². The van der Waals surface area contributed by atoms with E-state index in [1.165, 1.54) is 25.7 Å². The number of nitrogens with one attached hydrogen (secondary N) is 3. The van der Waals surface area contributed by atoms with E-state index in [2.05, 4.69) is 16.2 Å². The number of hydrazine groups is 1. The monoisotopic (exact) mass is 337 g/mol. The Balaban J connectivity index is 1.40. The van der Waals surface area contributed by atoms with Crippen LogP contribution in [0.4, 0.5) is 5.69 Å². The van der Waals surface area contributed by atoms with Crippen LogP contribution >= 0.6 is 23.8 Å². The van der Waals surface area contributed by atoms with Crippen LogP contribution in [0, 0.1) is 17.8 Å². The molecular weight excluding hydrogens is 318 g/mol. The Morgan fingerprint density at radius 2 is 2.14 bits per heavy atom. The molecule has 1 aromatic carbocycles. The first-order valence-corrected chi connectivity index (χ1v) is 8.50. The van der Waals surface area contributed by atoms with E-state index < -0.39 is 0 Å². The molecule has 3 rings (SSSR count). The molecule has 3 atom stereocenters. The van der Waals surface area contributed by atoms with Gasteiger partial charge in [0.2, 0.25) is 5.91 Å². The predicted octanol–water partition coefficient (Wildman–Crippen LogP) is 3.48. The molecule has 0 aromatic heterocycles. The van der Waals surface area contributed by atoms with Crippen molar-refractivity contribution in [3.05, 3.63) is 29.3 Å². The lowest BCUT2D eigenvalue weighted by molar-refractivity contribution is -0.122. The normalized spacial score (nSPS) is 25.8. The fraction of sp³-hybridized carbons (Fsp3) is 0.500. The Labute approximate surface area is 141 Å². The standard InChI is InChI=1S/C16H20ClN3OS/c17-13-2-1-3-14(9-13)18-16(22)20-19-15(21)8-12-7-10-4-5-11(12)6-10/h1-3,9-12H,4-8H2,(H,19,21)(H2,18,20,22)/t10-,11-,12+/m1/s1. The van der Waals surface area contributed by atoms with Crippen molar-refractivity contribution in [1.82, 2.24) is 10.9 Å². The van der Waals surface area contributed by atoms with Crippen LogP contribution in [0.5, 0.6) is 0 Å². The second kappa shape index (κ2) is 6.84. The molecule has 22 heavy (non-hydrogen) atoms. The van der Waals surface area contributed by atoms with Gasteiger partial charge in [0.15, 0.2) is 5.11 Å². The minimum absolute atomic E-state index is 0.00722. The third-order valence-corrected chi connectivity index (χ3v) is 5.17. The van der Waals surface area contributed by atoms with Crippen molar-refractivity contribution in [2.24, 2.45) is 17.8 Å². The zero-order valence-corrected chi connectivity index (χ0v) is 13.8. The number of anilines is 1. The number of fused-ring (bicyclic) bond motifs is 2. The Bertz CT molecular complexity index is 580. The fourth-order valence-electron chi connectivity index (χ4n) is 3.77. The summed E-state index contributed by atoms with van der Waals surface area (Å²) in [5.74, 6) is 2.18. The van der Waals surface area contributed by atoms with E-state index in [1.54, 1.807) is 12.1 Å². The third-order valence-electron chi connectivity index (χ3n) is 4.73. The SMILES string of the molecule is O=C(C[C@@H]1C[C@@H]2CC[C@@H]1C2)NNC(=S)Nc1cccc(Cl)c1. The number of benzene rings is 1. The maximum Gasteiger partial charge on any atom is 0.238 e. The highest BCUT2D eigenvalue weighted by Crippen LogP contribution is 2.49. The number of carbonyl (C=O) groups is 1. The van der Waals surface area contributed by atoms with Gasteiger partial charge in [-0.05, 0) is 67.4 Å². The summed E-state index contributed by atoms with van der Waals surface area (Å²) < 4.78 is 0. The molecule has 3 N–H and O–H groups in total. The van der Waals surface area contributed by atoms with Crippen molar-refractivity contribution >= 4 is 40.5 Å². The number of rotatable bonds is 3. The zero-order chi connectivity index (χ0) is 15.5. The van der Waals surface area contributed by atoms with Crippen molar-refractivity contribution < 1.29 is 4.79 Å². The second-order valence-electron chi connectivity index (χ2n) is 6.28. The number of amides is 1. The van der Waals surface area contributed by atoms with Gasteiger partial charge in [-0.25, -0.2) is 0 Å². The first-order valence-electron chi connectivity index (χ1n) is 7.71. The van der Waals surface area contributed by atoms with Gasteiger partial charge in [0.25, 0.3) is 0 Å². The minimum atomic E-state index is 0.00722. The maximum atomic E-state index is 12.0. The van der Waals surface area contributed by atoms with E-state index in [0.717, 1.165) is 17.5 Å². The predicted molar refractivity (Wildman–Crippen MR) is 92.5 cm³/mol. The van der Waals surface area contributed by atoms with Gasteiger partial charge in [-0.3, -0.25) is 15.6 Å². The van der Waals surface area contributed by atoms with Crippen LogP contribution in [0.15, 0.2) is 24.3 Å². The molecule has 2 saturated carbocycles. The van der Waals surface area contributed by atoms with Crippen LogP contribution in [-0.4, -0.2) is 11.0 Å². The number of halogens is 1. The lowest BCUT2D eigenvalue weighted by Crippen LogP contribution is -2.44. The number of hydrogen-bond acceptors (Lipinski definition) is 2. The summed E-state index contributed by atoms with van der Waals surface area (Å²) in [6.45, 7) is 0. The van der Waals surface area contributed by atoms with Gasteiger partial charge < -0.3 is 5.32 Å². The van der Waals surface area contributed by atoms with Crippen LogP contribution in [0.1, 0.15) is 32.1 Å². The molecule has 0 radical (unpaired) electrons. The van der Waals surface area contributed by atoms with Crippen molar-refractivity contribution in [2.45, 2.75) is 32.1 Å². The molecule has 0 saturated heterocycles. The third kappa shape index (κ3) is 3.90. The topological polar surface area (TPSA) is 53.2 Å². The van der Waals surface area contributed by atoms with Gasteiger partial charge in [-0.2, -0.15) is 0 Å². The summed E-state index contributed by atoms with van der Waals surface area (Å²) in [6.07, 6.45) is 5.77. The lowest BCUT2D eigenvalue weighted by atomic mass is 9.86. The van der Waals surface area contributed by atoms with E-state index in [4.69, 9.17) is 23.8 Å². The highest BCUT2D eigenvalue weighted by molar-refractivity contribution is 7.80. The molecule has 0 heterocycles. The van der Waals surface area contributed by atoms with E-state index in [0.29, 0.717) is 22.5 Å². The molecule has 0 aliphatic heterocycles. The average molecular weight is 338 g/mol. The quantitative estimate of drug-likeness (QED) is 0.584. The molecule has 2 bridgehead atoms. The fourth-order valence-corrected chi connectivity index (χ4v) is 4.13. The minimum Gasteiger partial charge on any atom is -0.331 e. The van der Waals surface area contributed by atoms with Crippen molar-refractivity contribution in [1.29, 1.82) is 0 Å². The van der Waals surface area contributed by atoms with Gasteiger partial charge in [-0.15, -0.1) is 0 Å². The van der Waals surface area contributed by atoms with Crippen molar-refractivity contribution in [2.75, 3.05) is 5.32 Å². The Hall–Kier alpha value is -1.33. The first kappa shape index (κ1) is 15.6. The van der Waals surface area contributed by atoms with Crippen LogP contribution in [0.3, 0.4) is 0 Å². The zero-order valence-electron chi connectivity index (χ0n) is 12.3. The second-order valence-corrected chi connectivity index (χ2v) is 7.12. The number of carbonyl (C=O) groups excluding carboxylic acids is 1. The summed E-state index contributed by atoms with van der Waals surface area (Å²) in [5, 5.41) is 3.96. The molecule has 4 nitrogen and oxygen atoms in total. The van der Waals surface area contributed by atoms with E-state index in [-0.39, 0.29) is 5.91 Å². The highest BCUT2D eigenvalue weighted by Gasteiger charge is 2.40. The van der Waals surface area contributed by atoms with E-state index in [9.17, 15) is 4.79 Å². The molecule has 118 valence electrons. The van der Waals surface area contributed by atoms with Crippen LogP contribution in [0.2, 0.25) is 5.02 Å². The Morgan fingerprint density at radius 3 is 2.82 bits per heavy atom. The van der Waals surface area contributed by atoms with Gasteiger partial charge in [0.1, 0.15) is 0 Å². The smallest absolute Gasteiger partial charge is 0.238 e. The molecular formula is C16H20ClN3OS. The van der Waals surface area contributed by atoms with Gasteiger partial charge in [0, 0.05) is 17.1 Å². The summed E-state index contributed by atoms with van der Waals surface area (Å²) in [4.78, 5) is 12.0. The highest BCUT2D eigenvalue weighted by atomic mass is 35.5. The first-order chi connectivity index (χ1) is 10.6. The molecule has 1 amide bonds. The molecule has 2 aliphatic rings. The van der Waals surface area contributed by atoms with Gasteiger partial charge in [-0.1, -0.05) is 24.1 Å². The summed E-state index contributed by atoms with van der Waals surface area (Å²) in [6, 6.07) is 7.25. The molecule has 1 aromatic rings. The van der Waals surface area contributed by atoms with E-state index in [1.807, 2.05) is 12.1 Å². The van der Waals surface area contributed by atoms with Crippen molar-refractivity contribution in [3.63, 3.8) is 0 Å². The van der Waals surface area contributed by atoms with Gasteiger partial charge >= 0.3 is 0 Å². The number of hydrogen-bond donors (Lipinski definition) is 3.